The Balaban J connectivity index is 1.68. The van der Waals surface area contributed by atoms with E-state index in [2.05, 4.69) is 4.98 Å². The second-order valence-electron chi connectivity index (χ2n) is 7.63. The van der Waals surface area contributed by atoms with E-state index in [1.54, 1.807) is 41.4 Å². The Hall–Kier alpha value is -2.69. The van der Waals surface area contributed by atoms with Gasteiger partial charge in [0.2, 0.25) is 0 Å². The predicted octanol–water partition coefficient (Wildman–Crippen LogP) is 3.92. The Labute approximate surface area is 160 Å². The van der Waals surface area contributed by atoms with Crippen molar-refractivity contribution in [3.8, 4) is 17.0 Å². The van der Waals surface area contributed by atoms with Gasteiger partial charge < -0.3 is 10.0 Å². The lowest BCUT2D eigenvalue weighted by Crippen LogP contribution is -2.42. The molecule has 3 rings (SSSR count). The number of Topliss-reactive ketones (excluding diaryl/α,β-unsaturated/α-hetero) is 1. The molecule has 0 bridgehead atoms. The number of carbonyl (C=O) groups excluding carboxylic acids is 2. The van der Waals surface area contributed by atoms with Gasteiger partial charge in [-0.15, -0.1) is 0 Å². The average Bonchev–Trinajstić information content (AvgIpc) is 2.68. The second kappa shape index (κ2) is 8.33. The molecule has 0 saturated carbocycles. The number of benzene rings is 1. The highest BCUT2D eigenvalue weighted by atomic mass is 16.3. The lowest BCUT2D eigenvalue weighted by molar-refractivity contribution is -0.124. The van der Waals surface area contributed by atoms with Gasteiger partial charge in [-0.25, -0.2) is 0 Å². The number of ketones is 1. The van der Waals surface area contributed by atoms with Gasteiger partial charge in [0.05, 0.1) is 11.3 Å². The van der Waals surface area contributed by atoms with Gasteiger partial charge >= 0.3 is 0 Å². The molecule has 1 atom stereocenters. The highest BCUT2D eigenvalue weighted by Crippen LogP contribution is 2.23. The fraction of sp³-hybridized carbons (Fsp3) is 0.409. The zero-order valence-corrected chi connectivity index (χ0v) is 15.9. The van der Waals surface area contributed by atoms with Crippen molar-refractivity contribution in [2.24, 2.45) is 11.8 Å². The number of rotatable bonds is 5. The summed E-state index contributed by atoms with van der Waals surface area (Å²) in [6, 6.07) is 10.4. The van der Waals surface area contributed by atoms with Crippen LogP contribution in [0.3, 0.4) is 0 Å². The number of amides is 1. The van der Waals surface area contributed by atoms with E-state index in [4.69, 9.17) is 0 Å². The molecule has 142 valence electrons. The molecule has 1 N–H and O–H groups in total. The van der Waals surface area contributed by atoms with Gasteiger partial charge in [0.1, 0.15) is 11.5 Å². The van der Waals surface area contributed by atoms with Crippen LogP contribution in [-0.4, -0.2) is 39.8 Å². The maximum atomic E-state index is 12.8. The molecule has 5 nitrogen and oxygen atoms in total. The van der Waals surface area contributed by atoms with Gasteiger partial charge in [-0.3, -0.25) is 14.6 Å². The number of phenolic OH excluding ortho intramolecular Hbond substituents is 1. The quantitative estimate of drug-likeness (QED) is 0.871. The van der Waals surface area contributed by atoms with E-state index >= 15 is 0 Å². The molecular formula is C22H26N2O3. The highest BCUT2D eigenvalue weighted by Gasteiger charge is 2.29. The number of pyridine rings is 1. The molecule has 5 heteroatoms. The number of aromatic hydroxyl groups is 1. The summed E-state index contributed by atoms with van der Waals surface area (Å²) in [6.45, 7) is 5.28. The zero-order valence-electron chi connectivity index (χ0n) is 15.9. The van der Waals surface area contributed by atoms with Crippen molar-refractivity contribution in [3.05, 3.63) is 48.2 Å². The molecule has 1 aliphatic heterocycles. The smallest absolute Gasteiger partial charge is 0.255 e. The van der Waals surface area contributed by atoms with Crippen molar-refractivity contribution in [1.82, 2.24) is 9.88 Å². The highest BCUT2D eigenvalue weighted by molar-refractivity contribution is 5.94. The number of carbonyl (C=O) groups is 2. The lowest BCUT2D eigenvalue weighted by atomic mass is 9.89. The molecule has 1 unspecified atom stereocenters. The first-order chi connectivity index (χ1) is 12.9. The molecule has 1 aliphatic rings. The number of likely N-dealkylation sites (tertiary alicyclic amines) is 1. The van der Waals surface area contributed by atoms with Gasteiger partial charge in [-0.05, 0) is 55.2 Å². The van der Waals surface area contributed by atoms with E-state index < -0.39 is 0 Å². The van der Waals surface area contributed by atoms with Crippen LogP contribution < -0.4 is 0 Å². The van der Waals surface area contributed by atoms with E-state index in [9.17, 15) is 14.7 Å². The third kappa shape index (κ3) is 4.73. The average molecular weight is 366 g/mol. The second-order valence-corrected chi connectivity index (χ2v) is 7.63. The number of hydrogen-bond donors (Lipinski definition) is 1. The molecule has 1 aromatic carbocycles. The molecule has 27 heavy (non-hydrogen) atoms. The van der Waals surface area contributed by atoms with Crippen LogP contribution in [0, 0.1) is 11.8 Å². The van der Waals surface area contributed by atoms with E-state index in [1.165, 1.54) is 0 Å². The topological polar surface area (TPSA) is 70.5 Å². The molecule has 0 spiro atoms. The summed E-state index contributed by atoms with van der Waals surface area (Å²) in [5.74, 6) is 0.705. The van der Waals surface area contributed by atoms with E-state index in [0.29, 0.717) is 31.0 Å². The van der Waals surface area contributed by atoms with Crippen LogP contribution >= 0.6 is 0 Å². The van der Waals surface area contributed by atoms with Gasteiger partial charge in [0.15, 0.2) is 0 Å². The minimum Gasteiger partial charge on any atom is -0.508 e. The summed E-state index contributed by atoms with van der Waals surface area (Å²) in [6.07, 6.45) is 3.90. The van der Waals surface area contributed by atoms with Crippen molar-refractivity contribution in [2.45, 2.75) is 33.1 Å². The van der Waals surface area contributed by atoms with Crippen LogP contribution in [0.5, 0.6) is 5.75 Å². The molecule has 1 saturated heterocycles. The first-order valence-electron chi connectivity index (χ1n) is 9.51. The summed E-state index contributed by atoms with van der Waals surface area (Å²) in [7, 11) is 0. The maximum Gasteiger partial charge on any atom is 0.255 e. The van der Waals surface area contributed by atoms with Crippen molar-refractivity contribution < 1.29 is 14.7 Å². The van der Waals surface area contributed by atoms with Crippen molar-refractivity contribution in [2.75, 3.05) is 13.1 Å². The fourth-order valence-electron chi connectivity index (χ4n) is 3.50. The predicted molar refractivity (Wildman–Crippen MR) is 104 cm³/mol. The lowest BCUT2D eigenvalue weighted by Gasteiger charge is -2.32. The summed E-state index contributed by atoms with van der Waals surface area (Å²) in [5, 5.41) is 9.38. The minimum absolute atomic E-state index is 0.0469. The first-order valence-corrected chi connectivity index (χ1v) is 9.51. The Morgan fingerprint density at radius 1 is 1.19 bits per heavy atom. The Morgan fingerprint density at radius 3 is 2.56 bits per heavy atom. The molecule has 0 radical (unpaired) electrons. The van der Waals surface area contributed by atoms with Crippen molar-refractivity contribution in [3.63, 3.8) is 0 Å². The van der Waals surface area contributed by atoms with Crippen LogP contribution in [0.4, 0.5) is 0 Å². The summed E-state index contributed by atoms with van der Waals surface area (Å²) in [4.78, 5) is 31.4. The largest absolute Gasteiger partial charge is 0.508 e. The van der Waals surface area contributed by atoms with E-state index in [1.807, 2.05) is 19.9 Å². The van der Waals surface area contributed by atoms with E-state index in [-0.39, 0.29) is 23.4 Å². The van der Waals surface area contributed by atoms with Crippen molar-refractivity contribution >= 4 is 11.7 Å². The van der Waals surface area contributed by atoms with Gasteiger partial charge in [0.25, 0.3) is 5.91 Å². The molecule has 1 fully saturated rings. The van der Waals surface area contributed by atoms with Gasteiger partial charge in [0, 0.05) is 37.2 Å². The molecular weight excluding hydrogens is 340 g/mol. The fourth-order valence-corrected chi connectivity index (χ4v) is 3.50. The van der Waals surface area contributed by atoms with Crippen molar-refractivity contribution in [1.29, 1.82) is 0 Å². The molecule has 1 amide bonds. The summed E-state index contributed by atoms with van der Waals surface area (Å²) in [5.41, 5.74) is 2.16. The maximum absolute atomic E-state index is 12.8. The molecule has 2 heterocycles. The van der Waals surface area contributed by atoms with Crippen LogP contribution in [0.2, 0.25) is 0 Å². The minimum atomic E-state index is -0.0678. The third-order valence-corrected chi connectivity index (χ3v) is 4.95. The van der Waals surface area contributed by atoms with Crippen LogP contribution in [-0.2, 0) is 4.79 Å². The SMILES string of the molecule is CC(C)CC(=O)C1CCCN(C(=O)c2ccc(-c3ccc(O)cc3)nc2)C1. The number of aromatic nitrogens is 1. The Kier molecular flexibility index (Phi) is 5.89. The molecule has 2 aromatic rings. The first kappa shape index (κ1) is 19.1. The van der Waals surface area contributed by atoms with Gasteiger partial charge in [-0.1, -0.05) is 13.8 Å². The summed E-state index contributed by atoms with van der Waals surface area (Å²) >= 11 is 0. The zero-order chi connectivity index (χ0) is 19.4. The van der Waals surface area contributed by atoms with Crippen LogP contribution in [0.1, 0.15) is 43.5 Å². The van der Waals surface area contributed by atoms with Crippen LogP contribution in [0.25, 0.3) is 11.3 Å². The summed E-state index contributed by atoms with van der Waals surface area (Å²) < 4.78 is 0. The monoisotopic (exact) mass is 366 g/mol. The Morgan fingerprint density at radius 2 is 1.93 bits per heavy atom. The molecule has 1 aromatic heterocycles. The normalized spacial score (nSPS) is 17.1. The van der Waals surface area contributed by atoms with Crippen LogP contribution in [0.15, 0.2) is 42.6 Å². The number of nitrogens with zero attached hydrogens (tertiary/aromatic N) is 2. The standard InChI is InChI=1S/C22H26N2O3/c1-15(2)12-21(26)18-4-3-11-24(14-18)22(27)17-7-10-20(23-13-17)16-5-8-19(25)9-6-16/h5-10,13,15,18,25H,3-4,11-12,14H2,1-2H3. The number of hydrogen-bond acceptors (Lipinski definition) is 4. The third-order valence-electron chi connectivity index (χ3n) is 4.95. The number of phenols is 1. The Bertz CT molecular complexity index is 797. The van der Waals surface area contributed by atoms with Gasteiger partial charge in [-0.2, -0.15) is 0 Å². The number of piperidine rings is 1. The van der Waals surface area contributed by atoms with E-state index in [0.717, 1.165) is 24.1 Å². The molecule has 0 aliphatic carbocycles.